The van der Waals surface area contributed by atoms with Crippen LogP contribution in [0.2, 0.25) is 0 Å². The Labute approximate surface area is 281 Å². The number of imidazole rings is 1. The molecule has 4 bridgehead atoms. The van der Waals surface area contributed by atoms with Crippen molar-refractivity contribution in [1.29, 1.82) is 0 Å². The van der Waals surface area contributed by atoms with Gasteiger partial charge in [0, 0.05) is 49.5 Å². The Morgan fingerprint density at radius 3 is 2.60 bits per heavy atom. The quantitative estimate of drug-likeness (QED) is 0.182. The van der Waals surface area contributed by atoms with Crippen LogP contribution in [0.1, 0.15) is 42.3 Å². The molecule has 0 saturated carbocycles. The van der Waals surface area contributed by atoms with Crippen LogP contribution in [0.4, 0.5) is 0 Å². The normalized spacial score (nSPS) is 15.8. The molecule has 8 nitrogen and oxygen atoms in total. The highest BCUT2D eigenvalue weighted by Gasteiger charge is 2.23. The third kappa shape index (κ3) is 6.23. The lowest BCUT2D eigenvalue weighted by Gasteiger charge is -2.27. The van der Waals surface area contributed by atoms with Crippen LogP contribution >= 0.6 is 0 Å². The van der Waals surface area contributed by atoms with E-state index in [0.29, 0.717) is 31.4 Å². The summed E-state index contributed by atoms with van der Waals surface area (Å²) < 4.78 is 26.3. The molecule has 0 radical (unpaired) electrons. The maximum absolute atomic E-state index is 6.62. The highest BCUT2D eigenvalue weighted by Crippen LogP contribution is 2.32. The zero-order valence-corrected chi connectivity index (χ0v) is 27.3. The van der Waals surface area contributed by atoms with Gasteiger partial charge >= 0.3 is 0 Å². The highest BCUT2D eigenvalue weighted by molar-refractivity contribution is 5.77. The van der Waals surface area contributed by atoms with Gasteiger partial charge < -0.3 is 23.5 Å². The number of hydrogen-bond donors (Lipinski definition) is 0. The number of hydrogen-bond acceptors (Lipinski definition) is 7. The van der Waals surface area contributed by atoms with E-state index < -0.39 is 0 Å². The van der Waals surface area contributed by atoms with Crippen LogP contribution < -0.4 is 14.2 Å². The minimum Gasteiger partial charge on any atom is -0.493 e. The molecule has 2 aliphatic heterocycles. The number of benzene rings is 3. The van der Waals surface area contributed by atoms with Crippen molar-refractivity contribution in [1.82, 2.24) is 19.5 Å². The maximum Gasteiger partial charge on any atom is 0.214 e. The average molecular weight is 641 g/mol. The van der Waals surface area contributed by atoms with E-state index in [4.69, 9.17) is 28.9 Å². The smallest absolute Gasteiger partial charge is 0.214 e. The number of aromatic nitrogens is 4. The summed E-state index contributed by atoms with van der Waals surface area (Å²) in [5.41, 5.74) is 10.8. The molecule has 48 heavy (non-hydrogen) atoms. The third-order valence-corrected chi connectivity index (χ3v) is 9.31. The molecule has 8 heteroatoms. The van der Waals surface area contributed by atoms with Gasteiger partial charge in [0.1, 0.15) is 18.2 Å². The van der Waals surface area contributed by atoms with Crippen LogP contribution in [-0.4, -0.2) is 45.9 Å². The van der Waals surface area contributed by atoms with Crippen LogP contribution in [-0.2, 0) is 30.7 Å². The minimum absolute atomic E-state index is 0. The minimum atomic E-state index is 0. The monoisotopic (exact) mass is 640 g/mol. The molecule has 3 aromatic carbocycles. The molecule has 0 amide bonds. The number of pyridine rings is 2. The Hall–Kier alpha value is -5.21. The van der Waals surface area contributed by atoms with E-state index in [1.54, 1.807) is 7.11 Å². The van der Waals surface area contributed by atoms with Gasteiger partial charge in [-0.2, -0.15) is 0 Å². The largest absolute Gasteiger partial charge is 0.493 e. The molecule has 5 heterocycles. The molecule has 1 atom stereocenters. The molecular weight excluding hydrogens is 600 g/mol. The zero-order chi connectivity index (χ0) is 32.5. The second-order valence-electron chi connectivity index (χ2n) is 12.6. The Kier molecular flexibility index (Phi) is 8.24. The van der Waals surface area contributed by atoms with Gasteiger partial charge in [-0.1, -0.05) is 42.5 Å². The zero-order valence-electron chi connectivity index (χ0n) is 27.3. The van der Waals surface area contributed by atoms with Crippen molar-refractivity contribution in [3.8, 4) is 39.9 Å². The van der Waals surface area contributed by atoms with E-state index in [1.165, 1.54) is 11.1 Å². The lowest BCUT2D eigenvalue weighted by Crippen LogP contribution is -2.31. The van der Waals surface area contributed by atoms with Crippen molar-refractivity contribution in [2.45, 2.75) is 51.9 Å². The molecule has 0 spiro atoms. The van der Waals surface area contributed by atoms with Crippen molar-refractivity contribution in [2.75, 3.05) is 20.3 Å². The van der Waals surface area contributed by atoms with Crippen molar-refractivity contribution in [3.63, 3.8) is 0 Å². The predicted octanol–water partition coefficient (Wildman–Crippen LogP) is 8.01. The first-order valence-electron chi connectivity index (χ1n) is 16.7. The SMILES string of the molecule is COc1ccc(-c2ccc3c(c2)CCCOc2cc(ccc2Cc2nc4ccc(C)cc4n2CC2CCO2)-c2cccc(n2)OC3)cn1.[HH]. The first-order valence-corrected chi connectivity index (χ1v) is 16.7. The van der Waals surface area contributed by atoms with Crippen molar-refractivity contribution >= 4 is 11.0 Å². The number of fused-ring (bicyclic) bond motifs is 7. The van der Waals surface area contributed by atoms with Crippen LogP contribution in [0.5, 0.6) is 17.5 Å². The third-order valence-electron chi connectivity index (χ3n) is 9.31. The van der Waals surface area contributed by atoms with Gasteiger partial charge in [0.2, 0.25) is 11.8 Å². The average Bonchev–Trinajstić information content (AvgIpc) is 3.43. The van der Waals surface area contributed by atoms with E-state index in [9.17, 15) is 0 Å². The lowest BCUT2D eigenvalue weighted by molar-refractivity contribution is -0.0589. The van der Waals surface area contributed by atoms with Crippen LogP contribution in [0.25, 0.3) is 33.4 Å². The van der Waals surface area contributed by atoms with E-state index in [-0.39, 0.29) is 7.53 Å². The molecule has 8 rings (SSSR count). The lowest BCUT2D eigenvalue weighted by atomic mass is 9.97. The fourth-order valence-electron chi connectivity index (χ4n) is 6.52. The Morgan fingerprint density at radius 2 is 1.77 bits per heavy atom. The van der Waals surface area contributed by atoms with Gasteiger partial charge in [0.25, 0.3) is 0 Å². The number of methoxy groups -OCH3 is 1. The molecule has 3 aromatic heterocycles. The van der Waals surface area contributed by atoms with Gasteiger partial charge in [0.05, 0.1) is 43.1 Å². The van der Waals surface area contributed by atoms with Gasteiger partial charge in [-0.3, -0.25) is 0 Å². The molecule has 6 aromatic rings. The fourth-order valence-corrected chi connectivity index (χ4v) is 6.52. The van der Waals surface area contributed by atoms with Crippen molar-refractivity contribution in [2.24, 2.45) is 0 Å². The van der Waals surface area contributed by atoms with Gasteiger partial charge in [-0.05, 0) is 78.8 Å². The molecular formula is C40H40N4O4. The number of aryl methyl sites for hydroxylation is 2. The summed E-state index contributed by atoms with van der Waals surface area (Å²) in [6.45, 7) is 4.77. The van der Waals surface area contributed by atoms with E-state index in [1.807, 2.05) is 36.5 Å². The Balaban J connectivity index is 0.00000378. The summed E-state index contributed by atoms with van der Waals surface area (Å²) in [5.74, 6) is 3.06. The van der Waals surface area contributed by atoms with Crippen molar-refractivity contribution < 1.29 is 20.4 Å². The van der Waals surface area contributed by atoms with Gasteiger partial charge in [0.15, 0.2) is 0 Å². The second-order valence-corrected chi connectivity index (χ2v) is 12.6. The Morgan fingerprint density at radius 1 is 0.875 bits per heavy atom. The molecule has 1 saturated heterocycles. The topological polar surface area (TPSA) is 80.5 Å². The Bertz CT molecular complexity index is 2090. The molecule has 1 fully saturated rings. The summed E-state index contributed by atoms with van der Waals surface area (Å²) in [5, 5.41) is 0. The number of nitrogens with zero attached hydrogens (tertiary/aromatic N) is 4. The van der Waals surface area contributed by atoms with Crippen LogP contribution in [0.3, 0.4) is 0 Å². The van der Waals surface area contributed by atoms with Gasteiger partial charge in [-0.25, -0.2) is 15.0 Å². The highest BCUT2D eigenvalue weighted by atomic mass is 16.5. The van der Waals surface area contributed by atoms with E-state index in [0.717, 1.165) is 88.5 Å². The van der Waals surface area contributed by atoms with Crippen LogP contribution in [0, 0.1) is 6.92 Å². The predicted molar refractivity (Wildman–Crippen MR) is 188 cm³/mol. The molecule has 0 aliphatic carbocycles. The van der Waals surface area contributed by atoms with E-state index >= 15 is 0 Å². The maximum atomic E-state index is 6.62. The molecule has 244 valence electrons. The number of rotatable bonds is 6. The van der Waals surface area contributed by atoms with E-state index in [2.05, 4.69) is 71.1 Å². The summed E-state index contributed by atoms with van der Waals surface area (Å²) in [7, 11) is 1.63. The summed E-state index contributed by atoms with van der Waals surface area (Å²) in [6.07, 6.45) is 5.49. The molecule has 0 N–H and O–H groups in total. The van der Waals surface area contributed by atoms with Crippen molar-refractivity contribution in [3.05, 3.63) is 119 Å². The fraction of sp³-hybridized carbons (Fsp3) is 0.275. The first kappa shape index (κ1) is 30.1. The number of ether oxygens (including phenoxy) is 4. The standard InChI is InChI=1S/C40H38N4O4.H2/c1-26-8-14-35-36(19-26)44(24-33-16-18-46-33)38(42-35)22-30-11-10-29-21-37(30)47-17-4-5-27-20-28(31-13-15-39(45-2)41-23-31)9-12-32(27)25-48-40-7-3-6-34(29)43-40;/h3,6-15,19-21,23,33H,4-5,16-18,22,24-25H2,1-2H3;1H. The molecule has 1 unspecified atom stereocenters. The summed E-state index contributed by atoms with van der Waals surface area (Å²) in [6, 6.07) is 29.2. The van der Waals surface area contributed by atoms with Gasteiger partial charge in [-0.15, -0.1) is 0 Å². The summed E-state index contributed by atoms with van der Waals surface area (Å²) in [4.78, 5) is 14.4. The second kappa shape index (κ2) is 13.1. The first-order chi connectivity index (χ1) is 23.6. The molecule has 2 aliphatic rings. The summed E-state index contributed by atoms with van der Waals surface area (Å²) >= 11 is 0. The van der Waals surface area contributed by atoms with Crippen LogP contribution in [0.15, 0.2) is 91.1 Å².